The van der Waals surface area contributed by atoms with Crippen LogP contribution in [0.5, 0.6) is 5.75 Å². The SMILES string of the molecule is O=C(COc1ccccc1)NC(=S)Nc1ccc(F)c(Cl)c1. The van der Waals surface area contributed by atoms with Gasteiger partial charge in [0, 0.05) is 5.69 Å². The van der Waals surface area contributed by atoms with Crippen LogP contribution in [0.2, 0.25) is 5.02 Å². The van der Waals surface area contributed by atoms with Crippen LogP contribution in [0.4, 0.5) is 10.1 Å². The second kappa shape index (κ2) is 7.72. The number of anilines is 1. The second-order valence-corrected chi connectivity index (χ2v) is 5.05. The third kappa shape index (κ3) is 4.98. The van der Waals surface area contributed by atoms with E-state index in [1.807, 2.05) is 6.07 Å². The van der Waals surface area contributed by atoms with Gasteiger partial charge in [0.1, 0.15) is 11.6 Å². The van der Waals surface area contributed by atoms with Crippen LogP contribution >= 0.6 is 23.8 Å². The van der Waals surface area contributed by atoms with Crippen molar-refractivity contribution in [3.05, 3.63) is 59.4 Å². The Morgan fingerprint density at radius 2 is 1.95 bits per heavy atom. The van der Waals surface area contributed by atoms with E-state index < -0.39 is 11.7 Å². The Morgan fingerprint density at radius 3 is 2.64 bits per heavy atom. The molecule has 114 valence electrons. The van der Waals surface area contributed by atoms with E-state index in [0.717, 1.165) is 0 Å². The molecule has 0 heterocycles. The van der Waals surface area contributed by atoms with E-state index in [1.165, 1.54) is 18.2 Å². The quantitative estimate of drug-likeness (QED) is 0.839. The lowest BCUT2D eigenvalue weighted by Gasteiger charge is -2.10. The van der Waals surface area contributed by atoms with Gasteiger partial charge in [-0.15, -0.1) is 0 Å². The molecule has 0 aliphatic heterocycles. The predicted molar refractivity (Wildman–Crippen MR) is 87.7 cm³/mol. The minimum Gasteiger partial charge on any atom is -0.484 e. The summed E-state index contributed by atoms with van der Waals surface area (Å²) in [5.74, 6) is -0.352. The van der Waals surface area contributed by atoms with Crippen molar-refractivity contribution in [2.75, 3.05) is 11.9 Å². The molecule has 4 nitrogen and oxygen atoms in total. The van der Waals surface area contributed by atoms with Gasteiger partial charge in [0.15, 0.2) is 11.7 Å². The van der Waals surface area contributed by atoms with Gasteiger partial charge in [-0.1, -0.05) is 29.8 Å². The molecule has 1 amide bonds. The molecule has 0 saturated carbocycles. The minimum atomic E-state index is -0.529. The van der Waals surface area contributed by atoms with Crippen LogP contribution in [0.15, 0.2) is 48.5 Å². The molecule has 2 aromatic rings. The Hall–Kier alpha value is -2.18. The van der Waals surface area contributed by atoms with Crippen molar-refractivity contribution in [2.24, 2.45) is 0 Å². The average molecular weight is 339 g/mol. The van der Waals surface area contributed by atoms with Crippen LogP contribution < -0.4 is 15.4 Å². The first-order chi connectivity index (χ1) is 10.5. The highest BCUT2D eigenvalue weighted by atomic mass is 35.5. The first kappa shape index (κ1) is 16.2. The summed E-state index contributed by atoms with van der Waals surface area (Å²) >= 11 is 10.6. The average Bonchev–Trinajstić information content (AvgIpc) is 2.50. The van der Waals surface area contributed by atoms with E-state index in [2.05, 4.69) is 10.6 Å². The van der Waals surface area contributed by atoms with Crippen LogP contribution in [0.1, 0.15) is 0 Å². The number of hydrogen-bond donors (Lipinski definition) is 2. The first-order valence-electron chi connectivity index (χ1n) is 6.28. The monoisotopic (exact) mass is 338 g/mol. The number of ether oxygens (including phenoxy) is 1. The number of nitrogens with one attached hydrogen (secondary N) is 2. The number of hydrogen-bond acceptors (Lipinski definition) is 3. The van der Waals surface area contributed by atoms with Gasteiger partial charge in [-0.2, -0.15) is 0 Å². The fraction of sp³-hybridized carbons (Fsp3) is 0.0667. The molecule has 0 saturated heterocycles. The molecule has 2 aromatic carbocycles. The zero-order valence-corrected chi connectivity index (χ0v) is 12.9. The topological polar surface area (TPSA) is 50.4 Å². The summed E-state index contributed by atoms with van der Waals surface area (Å²) in [5, 5.41) is 5.22. The van der Waals surface area contributed by atoms with Crippen molar-refractivity contribution in [1.29, 1.82) is 0 Å². The van der Waals surface area contributed by atoms with Crippen molar-refractivity contribution in [3.8, 4) is 5.75 Å². The largest absolute Gasteiger partial charge is 0.484 e. The highest BCUT2D eigenvalue weighted by Crippen LogP contribution is 2.19. The fourth-order valence-electron chi connectivity index (χ4n) is 1.56. The minimum absolute atomic E-state index is 0.0356. The van der Waals surface area contributed by atoms with Crippen LogP contribution in [0.3, 0.4) is 0 Å². The summed E-state index contributed by atoms with van der Waals surface area (Å²) in [5.41, 5.74) is 0.473. The van der Waals surface area contributed by atoms with E-state index in [4.69, 9.17) is 28.6 Å². The molecule has 2 rings (SSSR count). The fourth-order valence-corrected chi connectivity index (χ4v) is 1.98. The molecule has 0 aliphatic rings. The predicted octanol–water partition coefficient (Wildman–Crippen LogP) is 3.37. The van der Waals surface area contributed by atoms with Crippen molar-refractivity contribution in [2.45, 2.75) is 0 Å². The molecular formula is C15H12ClFN2O2S. The van der Waals surface area contributed by atoms with Gasteiger partial charge >= 0.3 is 0 Å². The second-order valence-electron chi connectivity index (χ2n) is 4.23. The summed E-state index contributed by atoms with van der Waals surface area (Å²) in [7, 11) is 0. The van der Waals surface area contributed by atoms with Gasteiger partial charge in [-0.3, -0.25) is 10.1 Å². The van der Waals surface area contributed by atoms with Gasteiger partial charge < -0.3 is 10.1 Å². The summed E-state index contributed by atoms with van der Waals surface area (Å²) in [6.07, 6.45) is 0. The number of halogens is 2. The highest BCUT2D eigenvalue weighted by molar-refractivity contribution is 7.80. The smallest absolute Gasteiger partial charge is 0.264 e. The van der Waals surface area contributed by atoms with Crippen molar-refractivity contribution in [3.63, 3.8) is 0 Å². The van der Waals surface area contributed by atoms with Crippen LogP contribution in [-0.4, -0.2) is 17.6 Å². The van der Waals surface area contributed by atoms with Crippen molar-refractivity contribution >= 4 is 40.5 Å². The molecule has 2 N–H and O–H groups in total. The molecule has 0 radical (unpaired) electrons. The number of thiocarbonyl (C=S) groups is 1. The Balaban J connectivity index is 1.81. The van der Waals surface area contributed by atoms with E-state index in [-0.39, 0.29) is 16.7 Å². The summed E-state index contributed by atoms with van der Waals surface area (Å²) in [4.78, 5) is 11.7. The van der Waals surface area contributed by atoms with E-state index >= 15 is 0 Å². The van der Waals surface area contributed by atoms with E-state index in [9.17, 15) is 9.18 Å². The molecule has 0 aromatic heterocycles. The molecular weight excluding hydrogens is 327 g/mol. The highest BCUT2D eigenvalue weighted by Gasteiger charge is 2.07. The van der Waals surface area contributed by atoms with Crippen LogP contribution in [0, 0.1) is 5.82 Å². The molecule has 0 aliphatic carbocycles. The number of carbonyl (C=O) groups excluding carboxylic acids is 1. The molecule has 0 unspecified atom stereocenters. The normalized spacial score (nSPS) is 9.91. The molecule has 0 bridgehead atoms. The number of benzene rings is 2. The summed E-state index contributed by atoms with van der Waals surface area (Å²) in [6, 6.07) is 13.0. The zero-order chi connectivity index (χ0) is 15.9. The third-order valence-electron chi connectivity index (χ3n) is 2.54. The molecule has 22 heavy (non-hydrogen) atoms. The lowest BCUT2D eigenvalue weighted by molar-refractivity contribution is -0.121. The van der Waals surface area contributed by atoms with Crippen LogP contribution in [0.25, 0.3) is 0 Å². The van der Waals surface area contributed by atoms with Crippen molar-refractivity contribution in [1.82, 2.24) is 5.32 Å². The van der Waals surface area contributed by atoms with Gasteiger partial charge in [0.25, 0.3) is 5.91 Å². The number of rotatable bonds is 4. The standard InChI is InChI=1S/C15H12ClFN2O2S/c16-12-8-10(6-7-13(12)17)18-15(22)19-14(20)9-21-11-4-2-1-3-5-11/h1-8H,9H2,(H2,18,19,20,22). The number of amides is 1. The van der Waals surface area contributed by atoms with Gasteiger partial charge in [-0.25, -0.2) is 4.39 Å². The summed E-state index contributed by atoms with van der Waals surface area (Å²) < 4.78 is 18.3. The van der Waals surface area contributed by atoms with Gasteiger partial charge in [0.2, 0.25) is 0 Å². The maximum atomic E-state index is 13.0. The van der Waals surface area contributed by atoms with Crippen LogP contribution in [-0.2, 0) is 4.79 Å². The number of carbonyl (C=O) groups is 1. The van der Waals surface area contributed by atoms with Gasteiger partial charge in [-0.05, 0) is 42.5 Å². The summed E-state index contributed by atoms with van der Waals surface area (Å²) in [6.45, 7) is -0.171. The van der Waals surface area contributed by atoms with Gasteiger partial charge in [0.05, 0.1) is 5.02 Å². The Morgan fingerprint density at radius 1 is 1.23 bits per heavy atom. The Kier molecular flexibility index (Phi) is 5.68. The first-order valence-corrected chi connectivity index (χ1v) is 7.07. The van der Waals surface area contributed by atoms with Crippen molar-refractivity contribution < 1.29 is 13.9 Å². The lowest BCUT2D eigenvalue weighted by atomic mass is 10.3. The lowest BCUT2D eigenvalue weighted by Crippen LogP contribution is -2.37. The maximum absolute atomic E-state index is 13.0. The molecule has 7 heteroatoms. The van der Waals surface area contributed by atoms with E-state index in [1.54, 1.807) is 24.3 Å². The molecule has 0 spiro atoms. The Labute approximate surface area is 137 Å². The number of para-hydroxylation sites is 1. The maximum Gasteiger partial charge on any atom is 0.264 e. The van der Waals surface area contributed by atoms with E-state index in [0.29, 0.717) is 11.4 Å². The third-order valence-corrected chi connectivity index (χ3v) is 3.04. The molecule has 0 fully saturated rings. The Bertz CT molecular complexity index is 682. The molecule has 0 atom stereocenters. The zero-order valence-electron chi connectivity index (χ0n) is 11.3.